The highest BCUT2D eigenvalue weighted by molar-refractivity contribution is 6.30. The molecule has 0 atom stereocenters. The molecule has 0 saturated carbocycles. The minimum Gasteiger partial charge on any atom is -0.381 e. The number of amides is 1. The van der Waals surface area contributed by atoms with E-state index in [-0.39, 0.29) is 18.1 Å². The molecule has 3 rings (SSSR count). The first-order chi connectivity index (χ1) is 12.6. The van der Waals surface area contributed by atoms with E-state index < -0.39 is 0 Å². The average molecular weight is 369 g/mol. The van der Waals surface area contributed by atoms with Crippen molar-refractivity contribution in [2.75, 3.05) is 10.6 Å². The standard InChI is InChI=1S/C21H18ClFN2O/c22-17-5-1-16(2-6-17)14-24-19-9-11-20(12-10-19)25-21(26)13-15-3-7-18(23)8-4-15/h1-12,24H,13-14H2,(H,25,26). The Morgan fingerprint density at radius 2 is 1.38 bits per heavy atom. The Morgan fingerprint density at radius 1 is 0.808 bits per heavy atom. The van der Waals surface area contributed by atoms with Crippen LogP contribution in [0.25, 0.3) is 0 Å². The predicted molar refractivity (Wildman–Crippen MR) is 104 cm³/mol. The summed E-state index contributed by atoms with van der Waals surface area (Å²) in [5, 5.41) is 6.87. The summed E-state index contributed by atoms with van der Waals surface area (Å²) in [6.07, 6.45) is 0.205. The van der Waals surface area contributed by atoms with Crippen LogP contribution in [0.1, 0.15) is 11.1 Å². The number of rotatable bonds is 6. The number of carbonyl (C=O) groups is 1. The van der Waals surface area contributed by atoms with Crippen LogP contribution in [0.4, 0.5) is 15.8 Å². The zero-order valence-electron chi connectivity index (χ0n) is 14.0. The van der Waals surface area contributed by atoms with Gasteiger partial charge in [0.05, 0.1) is 6.42 Å². The lowest BCUT2D eigenvalue weighted by molar-refractivity contribution is -0.115. The van der Waals surface area contributed by atoms with Crippen molar-refractivity contribution in [2.45, 2.75) is 13.0 Å². The number of benzene rings is 3. The molecule has 0 aliphatic heterocycles. The summed E-state index contributed by atoms with van der Waals surface area (Å²) >= 11 is 5.87. The second-order valence-electron chi connectivity index (χ2n) is 5.91. The molecule has 0 bridgehead atoms. The predicted octanol–water partition coefficient (Wildman–Crippen LogP) is 5.27. The van der Waals surface area contributed by atoms with Crippen LogP contribution in [-0.2, 0) is 17.8 Å². The van der Waals surface area contributed by atoms with Crippen LogP contribution in [0.3, 0.4) is 0 Å². The van der Waals surface area contributed by atoms with E-state index in [1.54, 1.807) is 12.1 Å². The van der Waals surface area contributed by atoms with Crippen LogP contribution < -0.4 is 10.6 Å². The molecule has 1 amide bonds. The second kappa shape index (κ2) is 8.50. The Balaban J connectivity index is 1.51. The Bertz CT molecular complexity index is 862. The van der Waals surface area contributed by atoms with Crippen LogP contribution in [0.5, 0.6) is 0 Å². The van der Waals surface area contributed by atoms with Gasteiger partial charge in [-0.25, -0.2) is 4.39 Å². The summed E-state index contributed by atoms with van der Waals surface area (Å²) in [6, 6.07) is 21.1. The summed E-state index contributed by atoms with van der Waals surface area (Å²) in [7, 11) is 0. The minimum absolute atomic E-state index is 0.140. The van der Waals surface area contributed by atoms with Gasteiger partial charge < -0.3 is 10.6 Å². The monoisotopic (exact) mass is 368 g/mol. The smallest absolute Gasteiger partial charge is 0.228 e. The van der Waals surface area contributed by atoms with E-state index in [2.05, 4.69) is 10.6 Å². The Morgan fingerprint density at radius 3 is 2.04 bits per heavy atom. The number of halogens is 2. The lowest BCUT2D eigenvalue weighted by Crippen LogP contribution is -2.14. The van der Waals surface area contributed by atoms with Crippen molar-refractivity contribution < 1.29 is 9.18 Å². The van der Waals surface area contributed by atoms with Crippen LogP contribution in [0.2, 0.25) is 5.02 Å². The molecule has 0 radical (unpaired) electrons. The summed E-state index contributed by atoms with van der Waals surface area (Å²) in [5.74, 6) is -0.450. The maximum absolute atomic E-state index is 12.9. The van der Waals surface area contributed by atoms with Gasteiger partial charge in [-0.1, -0.05) is 35.9 Å². The van der Waals surface area contributed by atoms with E-state index in [9.17, 15) is 9.18 Å². The van der Waals surface area contributed by atoms with Gasteiger partial charge in [0.25, 0.3) is 0 Å². The van der Waals surface area contributed by atoms with Crippen LogP contribution in [0, 0.1) is 5.82 Å². The summed E-state index contributed by atoms with van der Waals surface area (Å²) in [5.41, 5.74) is 3.57. The van der Waals surface area contributed by atoms with Crippen molar-refractivity contribution in [2.24, 2.45) is 0 Å². The zero-order valence-corrected chi connectivity index (χ0v) is 14.8. The third-order valence-corrected chi connectivity index (χ3v) is 4.11. The van der Waals surface area contributed by atoms with Crippen LogP contribution in [-0.4, -0.2) is 5.91 Å². The molecular weight excluding hydrogens is 351 g/mol. The molecule has 3 aromatic carbocycles. The molecule has 0 aliphatic carbocycles. The van der Waals surface area contributed by atoms with Crippen molar-refractivity contribution in [3.8, 4) is 0 Å². The number of nitrogens with one attached hydrogen (secondary N) is 2. The van der Waals surface area contributed by atoms with Crippen molar-refractivity contribution in [3.63, 3.8) is 0 Å². The first-order valence-corrected chi connectivity index (χ1v) is 8.59. The normalized spacial score (nSPS) is 10.4. The Hall–Kier alpha value is -2.85. The molecule has 0 spiro atoms. The molecule has 0 aliphatic rings. The van der Waals surface area contributed by atoms with Gasteiger partial charge in [-0.3, -0.25) is 4.79 Å². The molecule has 26 heavy (non-hydrogen) atoms. The van der Waals surface area contributed by atoms with E-state index in [0.29, 0.717) is 12.2 Å². The van der Waals surface area contributed by atoms with Gasteiger partial charge in [0, 0.05) is 22.9 Å². The first kappa shape index (κ1) is 18.0. The van der Waals surface area contributed by atoms with E-state index in [1.807, 2.05) is 48.5 Å². The highest BCUT2D eigenvalue weighted by atomic mass is 35.5. The number of carbonyl (C=O) groups excluding carboxylic acids is 1. The van der Waals surface area contributed by atoms with E-state index in [0.717, 1.165) is 21.8 Å². The van der Waals surface area contributed by atoms with Gasteiger partial charge in [-0.15, -0.1) is 0 Å². The molecule has 132 valence electrons. The van der Waals surface area contributed by atoms with Crippen LogP contribution >= 0.6 is 11.6 Å². The molecule has 3 aromatic rings. The molecule has 0 saturated heterocycles. The van der Waals surface area contributed by atoms with Gasteiger partial charge in [0.2, 0.25) is 5.91 Å². The fraction of sp³-hybridized carbons (Fsp3) is 0.0952. The molecule has 5 heteroatoms. The quantitative estimate of drug-likeness (QED) is 0.622. The van der Waals surface area contributed by atoms with Crippen molar-refractivity contribution in [3.05, 3.63) is 94.8 Å². The number of hydrogen-bond donors (Lipinski definition) is 2. The van der Waals surface area contributed by atoms with Crippen molar-refractivity contribution in [1.82, 2.24) is 0 Å². The summed E-state index contributed by atoms with van der Waals surface area (Å²) in [6.45, 7) is 0.688. The molecule has 0 unspecified atom stereocenters. The molecular formula is C21H18ClFN2O. The van der Waals surface area contributed by atoms with Crippen molar-refractivity contribution >= 4 is 28.9 Å². The average Bonchev–Trinajstić information content (AvgIpc) is 2.64. The fourth-order valence-corrected chi connectivity index (χ4v) is 2.60. The van der Waals surface area contributed by atoms with Gasteiger partial charge in [0.15, 0.2) is 0 Å². The number of anilines is 2. The third-order valence-electron chi connectivity index (χ3n) is 3.86. The van der Waals surface area contributed by atoms with E-state index >= 15 is 0 Å². The van der Waals surface area contributed by atoms with Gasteiger partial charge in [-0.05, 0) is 59.7 Å². The highest BCUT2D eigenvalue weighted by Gasteiger charge is 2.04. The van der Waals surface area contributed by atoms with Gasteiger partial charge >= 0.3 is 0 Å². The zero-order chi connectivity index (χ0) is 18.4. The SMILES string of the molecule is O=C(Cc1ccc(F)cc1)Nc1ccc(NCc2ccc(Cl)cc2)cc1. The third kappa shape index (κ3) is 5.33. The summed E-state index contributed by atoms with van der Waals surface area (Å²) < 4.78 is 12.9. The van der Waals surface area contributed by atoms with Gasteiger partial charge in [0.1, 0.15) is 5.82 Å². The van der Waals surface area contributed by atoms with E-state index in [1.165, 1.54) is 12.1 Å². The highest BCUT2D eigenvalue weighted by Crippen LogP contribution is 2.16. The Labute approximate surface area is 156 Å². The molecule has 2 N–H and O–H groups in total. The Kier molecular flexibility index (Phi) is 5.87. The lowest BCUT2D eigenvalue weighted by atomic mass is 10.1. The lowest BCUT2D eigenvalue weighted by Gasteiger charge is -2.09. The maximum atomic E-state index is 12.9. The molecule has 3 nitrogen and oxygen atoms in total. The topological polar surface area (TPSA) is 41.1 Å². The first-order valence-electron chi connectivity index (χ1n) is 8.21. The molecule has 0 heterocycles. The van der Waals surface area contributed by atoms with E-state index in [4.69, 9.17) is 11.6 Å². The van der Waals surface area contributed by atoms with Crippen molar-refractivity contribution in [1.29, 1.82) is 0 Å². The minimum atomic E-state index is -0.309. The molecule has 0 fully saturated rings. The maximum Gasteiger partial charge on any atom is 0.228 e. The fourth-order valence-electron chi connectivity index (χ4n) is 2.47. The second-order valence-corrected chi connectivity index (χ2v) is 6.35. The summed E-state index contributed by atoms with van der Waals surface area (Å²) in [4.78, 5) is 12.1. The number of hydrogen-bond acceptors (Lipinski definition) is 2. The van der Waals surface area contributed by atoms with Crippen LogP contribution in [0.15, 0.2) is 72.8 Å². The molecule has 0 aromatic heterocycles. The largest absolute Gasteiger partial charge is 0.381 e. The van der Waals surface area contributed by atoms with Gasteiger partial charge in [-0.2, -0.15) is 0 Å².